The van der Waals surface area contributed by atoms with Gasteiger partial charge in [0.15, 0.2) is 0 Å². The highest BCUT2D eigenvalue weighted by atomic mass is 16.1. The summed E-state index contributed by atoms with van der Waals surface area (Å²) in [6.45, 7) is 2.43. The van der Waals surface area contributed by atoms with Crippen LogP contribution in [-0.4, -0.2) is 5.91 Å². The van der Waals surface area contributed by atoms with E-state index in [1.807, 2.05) is 31.2 Å². The molecule has 0 saturated carbocycles. The summed E-state index contributed by atoms with van der Waals surface area (Å²) < 4.78 is 0. The number of rotatable bonds is 5. The standard InChI is InChI=1S/C19H16N4O/c1-14-6-8-15(9-7-14)12-23-19(24)17-4-2-3-5-18(17)22-13-16(10-20)11-21/h2-9,13,22H,12H2,1H3,(H,23,24). The fourth-order valence-electron chi connectivity index (χ4n) is 2.03. The fourth-order valence-corrected chi connectivity index (χ4v) is 2.03. The minimum absolute atomic E-state index is 0.0649. The van der Waals surface area contributed by atoms with Crippen molar-refractivity contribution in [1.29, 1.82) is 10.5 Å². The maximum atomic E-state index is 12.4. The molecule has 2 rings (SSSR count). The number of carbonyl (C=O) groups excluding carboxylic acids is 1. The Balaban J connectivity index is 2.09. The van der Waals surface area contributed by atoms with Gasteiger partial charge in [0.2, 0.25) is 0 Å². The van der Waals surface area contributed by atoms with Crippen LogP contribution in [0.3, 0.4) is 0 Å². The Morgan fingerprint density at radius 2 is 1.75 bits per heavy atom. The first-order valence-corrected chi connectivity index (χ1v) is 7.33. The van der Waals surface area contributed by atoms with Crippen LogP contribution in [0.15, 0.2) is 60.3 Å². The third kappa shape index (κ3) is 4.46. The van der Waals surface area contributed by atoms with Crippen molar-refractivity contribution in [2.24, 2.45) is 0 Å². The van der Waals surface area contributed by atoms with E-state index < -0.39 is 0 Å². The van der Waals surface area contributed by atoms with Gasteiger partial charge in [0.1, 0.15) is 17.7 Å². The van der Waals surface area contributed by atoms with Crippen LogP contribution in [0.1, 0.15) is 21.5 Å². The van der Waals surface area contributed by atoms with Gasteiger partial charge in [-0.2, -0.15) is 10.5 Å². The number of para-hydroxylation sites is 1. The molecule has 2 aromatic carbocycles. The molecule has 0 atom stereocenters. The van der Waals surface area contributed by atoms with Gasteiger partial charge in [0.05, 0.1) is 11.3 Å². The summed E-state index contributed by atoms with van der Waals surface area (Å²) in [7, 11) is 0. The van der Waals surface area contributed by atoms with Crippen LogP contribution in [0.25, 0.3) is 0 Å². The maximum Gasteiger partial charge on any atom is 0.253 e. The molecule has 1 amide bonds. The summed E-state index contributed by atoms with van der Waals surface area (Å²) in [5.74, 6) is -0.234. The molecule has 0 bridgehead atoms. The lowest BCUT2D eigenvalue weighted by Crippen LogP contribution is -2.23. The number of nitrogens with zero attached hydrogens (tertiary/aromatic N) is 2. The molecule has 2 aromatic rings. The fraction of sp³-hybridized carbons (Fsp3) is 0.105. The maximum absolute atomic E-state index is 12.4. The Hall–Kier alpha value is -3.57. The smallest absolute Gasteiger partial charge is 0.253 e. The molecule has 2 N–H and O–H groups in total. The number of benzene rings is 2. The predicted molar refractivity (Wildman–Crippen MR) is 91.7 cm³/mol. The van der Waals surface area contributed by atoms with Crippen LogP contribution in [0.5, 0.6) is 0 Å². The zero-order valence-corrected chi connectivity index (χ0v) is 13.2. The van der Waals surface area contributed by atoms with E-state index in [2.05, 4.69) is 10.6 Å². The van der Waals surface area contributed by atoms with E-state index in [9.17, 15) is 4.79 Å². The van der Waals surface area contributed by atoms with Crippen LogP contribution < -0.4 is 10.6 Å². The molecule has 0 aliphatic rings. The van der Waals surface area contributed by atoms with Crippen molar-refractivity contribution in [2.45, 2.75) is 13.5 Å². The summed E-state index contributed by atoms with van der Waals surface area (Å²) >= 11 is 0. The van der Waals surface area contributed by atoms with Gasteiger partial charge in [0, 0.05) is 12.7 Å². The number of aryl methyl sites for hydroxylation is 1. The number of amides is 1. The topological polar surface area (TPSA) is 88.7 Å². The minimum Gasteiger partial charge on any atom is -0.359 e. The second kappa shape index (κ2) is 8.17. The predicted octanol–water partition coefficient (Wildman–Crippen LogP) is 3.27. The van der Waals surface area contributed by atoms with Crippen LogP contribution in [0, 0.1) is 29.6 Å². The van der Waals surface area contributed by atoms with Gasteiger partial charge in [-0.25, -0.2) is 0 Å². The van der Waals surface area contributed by atoms with E-state index in [1.165, 1.54) is 6.20 Å². The lowest BCUT2D eigenvalue weighted by molar-refractivity contribution is 0.0951. The molecular weight excluding hydrogens is 300 g/mol. The highest BCUT2D eigenvalue weighted by Gasteiger charge is 2.10. The molecule has 0 fully saturated rings. The molecule has 5 heteroatoms. The van der Waals surface area contributed by atoms with Crippen molar-refractivity contribution in [2.75, 3.05) is 5.32 Å². The van der Waals surface area contributed by atoms with Gasteiger partial charge in [0.25, 0.3) is 5.91 Å². The normalized spacial score (nSPS) is 9.29. The molecule has 0 aromatic heterocycles. The third-order valence-corrected chi connectivity index (χ3v) is 3.36. The molecule has 0 aliphatic heterocycles. The quantitative estimate of drug-likeness (QED) is 0.829. The zero-order valence-electron chi connectivity index (χ0n) is 13.2. The van der Waals surface area contributed by atoms with Crippen molar-refractivity contribution < 1.29 is 4.79 Å². The number of carbonyl (C=O) groups is 1. The molecular formula is C19H16N4O. The van der Waals surface area contributed by atoms with Crippen LogP contribution >= 0.6 is 0 Å². The summed E-state index contributed by atoms with van der Waals surface area (Å²) in [5, 5.41) is 23.2. The van der Waals surface area contributed by atoms with Gasteiger partial charge in [-0.05, 0) is 24.6 Å². The number of allylic oxidation sites excluding steroid dienone is 1. The number of nitrogens with one attached hydrogen (secondary N) is 2. The Labute approximate surface area is 140 Å². The lowest BCUT2D eigenvalue weighted by Gasteiger charge is -2.10. The van der Waals surface area contributed by atoms with Gasteiger partial charge in [-0.15, -0.1) is 0 Å². The van der Waals surface area contributed by atoms with E-state index in [-0.39, 0.29) is 11.5 Å². The van der Waals surface area contributed by atoms with Crippen molar-refractivity contribution in [3.05, 3.63) is 77.0 Å². The zero-order chi connectivity index (χ0) is 17.4. The monoisotopic (exact) mass is 316 g/mol. The Bertz CT molecular complexity index is 823. The van der Waals surface area contributed by atoms with E-state index >= 15 is 0 Å². The van der Waals surface area contributed by atoms with Crippen LogP contribution in [-0.2, 0) is 6.54 Å². The first-order valence-electron chi connectivity index (χ1n) is 7.33. The minimum atomic E-state index is -0.234. The molecule has 0 radical (unpaired) electrons. The van der Waals surface area contributed by atoms with E-state index in [4.69, 9.17) is 10.5 Å². The van der Waals surface area contributed by atoms with E-state index in [0.717, 1.165) is 11.1 Å². The molecule has 0 spiro atoms. The SMILES string of the molecule is Cc1ccc(CNC(=O)c2ccccc2NC=C(C#N)C#N)cc1. The first kappa shape index (κ1) is 16.8. The van der Waals surface area contributed by atoms with E-state index in [0.29, 0.717) is 17.8 Å². The summed E-state index contributed by atoms with van der Waals surface area (Å²) in [6.07, 6.45) is 1.28. The molecule has 24 heavy (non-hydrogen) atoms. The number of nitriles is 2. The van der Waals surface area contributed by atoms with Gasteiger partial charge in [-0.1, -0.05) is 42.0 Å². The van der Waals surface area contributed by atoms with Crippen LogP contribution in [0.4, 0.5) is 5.69 Å². The number of hydrogen-bond donors (Lipinski definition) is 2. The Morgan fingerprint density at radius 1 is 1.08 bits per heavy atom. The van der Waals surface area contributed by atoms with Gasteiger partial charge in [-0.3, -0.25) is 4.79 Å². The molecule has 0 heterocycles. The van der Waals surface area contributed by atoms with Gasteiger partial charge < -0.3 is 10.6 Å². The largest absolute Gasteiger partial charge is 0.359 e. The molecule has 0 saturated heterocycles. The lowest BCUT2D eigenvalue weighted by atomic mass is 10.1. The average Bonchev–Trinajstić information content (AvgIpc) is 2.62. The highest BCUT2D eigenvalue weighted by molar-refractivity contribution is 5.99. The molecule has 0 unspecified atom stereocenters. The summed E-state index contributed by atoms with van der Waals surface area (Å²) in [5.41, 5.74) is 3.08. The Morgan fingerprint density at radius 3 is 2.42 bits per heavy atom. The highest BCUT2D eigenvalue weighted by Crippen LogP contribution is 2.15. The van der Waals surface area contributed by atoms with Crippen molar-refractivity contribution in [3.63, 3.8) is 0 Å². The van der Waals surface area contributed by atoms with Crippen LogP contribution in [0.2, 0.25) is 0 Å². The summed E-state index contributed by atoms with van der Waals surface area (Å²) in [4.78, 5) is 12.4. The Kier molecular flexibility index (Phi) is 5.71. The van der Waals surface area contributed by atoms with Crippen molar-refractivity contribution in [3.8, 4) is 12.1 Å². The average molecular weight is 316 g/mol. The number of hydrogen-bond acceptors (Lipinski definition) is 4. The molecule has 0 aliphatic carbocycles. The second-order valence-electron chi connectivity index (χ2n) is 5.14. The third-order valence-electron chi connectivity index (χ3n) is 3.36. The first-order chi connectivity index (χ1) is 11.6. The summed E-state index contributed by atoms with van der Waals surface area (Å²) in [6, 6.07) is 18.4. The van der Waals surface area contributed by atoms with Gasteiger partial charge >= 0.3 is 0 Å². The second-order valence-corrected chi connectivity index (χ2v) is 5.14. The van der Waals surface area contributed by atoms with Crippen molar-refractivity contribution >= 4 is 11.6 Å². The number of anilines is 1. The molecule has 5 nitrogen and oxygen atoms in total. The molecule has 118 valence electrons. The van der Waals surface area contributed by atoms with E-state index in [1.54, 1.807) is 36.4 Å². The van der Waals surface area contributed by atoms with Crippen molar-refractivity contribution in [1.82, 2.24) is 5.32 Å².